The third-order valence-electron chi connectivity index (χ3n) is 1.51. The Morgan fingerprint density at radius 1 is 1.46 bits per heavy atom. The Bertz CT molecular complexity index is 372. The molecule has 1 unspecified atom stereocenters. The Balaban J connectivity index is 2.53. The summed E-state index contributed by atoms with van der Waals surface area (Å²) in [5.41, 5.74) is 4.69. The molecule has 13 heavy (non-hydrogen) atoms. The van der Waals surface area contributed by atoms with Crippen molar-refractivity contribution < 1.29 is 14.7 Å². The zero-order chi connectivity index (χ0) is 9.64. The number of aliphatic imine (C=N–C) groups is 2. The van der Waals surface area contributed by atoms with Crippen molar-refractivity contribution in [3.05, 3.63) is 0 Å². The van der Waals surface area contributed by atoms with E-state index in [0.717, 1.165) is 0 Å². The molecular formula is C5H4N5O3. The second-order valence-electron chi connectivity index (χ2n) is 2.44. The molecule has 1 atom stereocenters. The van der Waals surface area contributed by atoms with Gasteiger partial charge in [0.15, 0.2) is 11.7 Å². The van der Waals surface area contributed by atoms with Crippen LogP contribution in [-0.2, 0) is 4.79 Å². The van der Waals surface area contributed by atoms with E-state index in [1.54, 1.807) is 0 Å². The van der Waals surface area contributed by atoms with E-state index in [9.17, 15) is 14.7 Å². The number of nitrogens with two attached hydrogens (primary N) is 1. The highest BCUT2D eigenvalue weighted by atomic mass is 16.3. The van der Waals surface area contributed by atoms with Gasteiger partial charge in [-0.15, -0.1) is 0 Å². The molecule has 4 N–H and O–H groups in total. The molecule has 8 heteroatoms. The van der Waals surface area contributed by atoms with Gasteiger partial charge in [0.2, 0.25) is 0 Å². The van der Waals surface area contributed by atoms with Crippen LogP contribution in [0.5, 0.6) is 0 Å². The molecular weight excluding hydrogens is 178 g/mol. The summed E-state index contributed by atoms with van der Waals surface area (Å²) in [6.45, 7) is 0. The largest absolute Gasteiger partial charge is 0.369 e. The highest BCUT2D eigenvalue weighted by Crippen LogP contribution is 2.17. The van der Waals surface area contributed by atoms with E-state index >= 15 is 0 Å². The quantitative estimate of drug-likeness (QED) is 0.374. The molecule has 1 radical (unpaired) electrons. The zero-order valence-electron chi connectivity index (χ0n) is 6.18. The van der Waals surface area contributed by atoms with Crippen molar-refractivity contribution in [2.75, 3.05) is 0 Å². The van der Waals surface area contributed by atoms with Gasteiger partial charge in [-0.1, -0.05) is 0 Å². The summed E-state index contributed by atoms with van der Waals surface area (Å²) in [4.78, 5) is 28.3. The number of hydrogen-bond donors (Lipinski definition) is 3. The summed E-state index contributed by atoms with van der Waals surface area (Å²) in [6.07, 6.45) is 0. The summed E-state index contributed by atoms with van der Waals surface area (Å²) in [6, 6.07) is -0.953. The Morgan fingerprint density at radius 2 is 2.15 bits per heavy atom. The lowest BCUT2D eigenvalue weighted by atomic mass is 10.2. The minimum Gasteiger partial charge on any atom is -0.369 e. The van der Waals surface area contributed by atoms with E-state index in [4.69, 9.17) is 5.73 Å². The van der Waals surface area contributed by atoms with Crippen molar-refractivity contribution in [2.24, 2.45) is 15.7 Å². The standard InChI is InChI=1S/C5H4N5O3/c6-3-8-2(11)1-5(13,9-3)10-4(12)7-1/h13H,(H3,6,8,9,11). The topological polar surface area (TPSA) is 131 Å². The van der Waals surface area contributed by atoms with Crippen molar-refractivity contribution in [3.63, 3.8) is 0 Å². The fourth-order valence-corrected chi connectivity index (χ4v) is 1.03. The average molecular weight is 182 g/mol. The van der Waals surface area contributed by atoms with Crippen LogP contribution in [0.3, 0.4) is 0 Å². The van der Waals surface area contributed by atoms with Gasteiger partial charge in [0.05, 0.1) is 0 Å². The molecule has 2 rings (SSSR count). The number of urea groups is 1. The van der Waals surface area contributed by atoms with Crippen molar-refractivity contribution in [1.29, 1.82) is 0 Å². The third-order valence-corrected chi connectivity index (χ3v) is 1.51. The molecule has 0 aromatic heterocycles. The molecule has 2 aliphatic rings. The lowest BCUT2D eigenvalue weighted by Crippen LogP contribution is -2.57. The number of carbonyl (C=O) groups excluding carboxylic acids is 2. The van der Waals surface area contributed by atoms with Crippen LogP contribution in [0.2, 0.25) is 0 Å². The highest BCUT2D eigenvalue weighted by Gasteiger charge is 2.49. The summed E-state index contributed by atoms with van der Waals surface area (Å²) >= 11 is 0. The highest BCUT2D eigenvalue weighted by molar-refractivity contribution is 6.48. The molecule has 67 valence electrons. The second-order valence-corrected chi connectivity index (χ2v) is 2.44. The second kappa shape index (κ2) is 2.04. The van der Waals surface area contributed by atoms with E-state index in [1.807, 2.05) is 0 Å². The summed E-state index contributed by atoms with van der Waals surface area (Å²) in [7, 11) is 0. The molecule has 0 saturated carbocycles. The first-order valence-electron chi connectivity index (χ1n) is 3.26. The maximum atomic E-state index is 11.1. The number of amides is 3. The number of hydrogen-bond acceptors (Lipinski definition) is 5. The van der Waals surface area contributed by atoms with Gasteiger partial charge >= 0.3 is 11.9 Å². The number of nitrogens with zero attached hydrogens (tertiary/aromatic N) is 3. The molecule has 2 aliphatic heterocycles. The molecule has 3 amide bonds. The summed E-state index contributed by atoms with van der Waals surface area (Å²) < 4.78 is 0. The molecule has 0 spiro atoms. The number of nitrogens with one attached hydrogen (secondary N) is 1. The summed E-state index contributed by atoms with van der Waals surface area (Å²) in [5, 5.41) is 14.7. The van der Waals surface area contributed by atoms with Gasteiger partial charge in [-0.05, 0) is 0 Å². The molecule has 0 aliphatic carbocycles. The predicted octanol–water partition coefficient (Wildman–Crippen LogP) is -2.74. The van der Waals surface area contributed by atoms with Crippen LogP contribution in [0.1, 0.15) is 0 Å². The molecule has 2 heterocycles. The zero-order valence-corrected chi connectivity index (χ0v) is 6.18. The predicted molar refractivity (Wildman–Crippen MR) is 39.7 cm³/mol. The first kappa shape index (κ1) is 7.68. The van der Waals surface area contributed by atoms with Crippen LogP contribution in [0, 0.1) is 0 Å². The van der Waals surface area contributed by atoms with Crippen molar-refractivity contribution in [2.45, 2.75) is 5.85 Å². The fourth-order valence-electron chi connectivity index (χ4n) is 1.03. The van der Waals surface area contributed by atoms with Gasteiger partial charge in [-0.25, -0.2) is 4.79 Å². The van der Waals surface area contributed by atoms with Gasteiger partial charge in [-0.3, -0.25) is 10.1 Å². The van der Waals surface area contributed by atoms with Crippen LogP contribution in [0.4, 0.5) is 4.79 Å². The maximum absolute atomic E-state index is 11.1. The van der Waals surface area contributed by atoms with Gasteiger partial charge in [-0.2, -0.15) is 15.3 Å². The Hall–Kier alpha value is -1.96. The molecule has 0 saturated heterocycles. The molecule has 0 fully saturated rings. The minimum absolute atomic E-state index is 0.301. The van der Waals surface area contributed by atoms with Crippen molar-refractivity contribution in [3.8, 4) is 0 Å². The SMILES string of the molecule is NC1=NC2(O)[N]C(=O)N=C2C(=O)N1. The third kappa shape index (κ3) is 0.957. The van der Waals surface area contributed by atoms with Crippen LogP contribution in [0.15, 0.2) is 9.98 Å². The Morgan fingerprint density at radius 3 is 2.85 bits per heavy atom. The molecule has 0 aromatic rings. The number of fused-ring (bicyclic) bond motifs is 1. The summed E-state index contributed by atoms with van der Waals surface area (Å²) in [5.74, 6) is -3.29. The lowest BCUT2D eigenvalue weighted by molar-refractivity contribution is -0.114. The van der Waals surface area contributed by atoms with Crippen molar-refractivity contribution >= 4 is 23.6 Å². The van der Waals surface area contributed by atoms with E-state index < -0.39 is 23.5 Å². The van der Waals surface area contributed by atoms with Gasteiger partial charge < -0.3 is 10.8 Å². The maximum Gasteiger partial charge on any atom is 0.367 e. The number of rotatable bonds is 0. The number of carbonyl (C=O) groups is 2. The van der Waals surface area contributed by atoms with E-state index in [-0.39, 0.29) is 5.96 Å². The Labute approximate surface area is 71.5 Å². The van der Waals surface area contributed by atoms with Gasteiger partial charge in [0.25, 0.3) is 5.91 Å². The number of guanidine groups is 1. The molecule has 8 nitrogen and oxygen atoms in total. The van der Waals surface area contributed by atoms with Crippen LogP contribution in [-0.4, -0.2) is 34.6 Å². The van der Waals surface area contributed by atoms with E-state index in [1.165, 1.54) is 0 Å². The first-order valence-corrected chi connectivity index (χ1v) is 3.26. The monoisotopic (exact) mass is 182 g/mol. The van der Waals surface area contributed by atoms with Gasteiger partial charge in [0.1, 0.15) is 0 Å². The van der Waals surface area contributed by atoms with Crippen LogP contribution < -0.4 is 16.4 Å². The first-order chi connectivity index (χ1) is 6.01. The fraction of sp³-hybridized carbons (Fsp3) is 0.200. The average Bonchev–Trinajstić information content (AvgIpc) is 2.23. The smallest absolute Gasteiger partial charge is 0.367 e. The van der Waals surface area contributed by atoms with E-state index in [2.05, 4.69) is 20.6 Å². The van der Waals surface area contributed by atoms with Crippen LogP contribution in [0.25, 0.3) is 0 Å². The molecule has 0 aromatic carbocycles. The molecule has 0 bridgehead atoms. The van der Waals surface area contributed by atoms with Crippen molar-refractivity contribution in [1.82, 2.24) is 10.6 Å². The van der Waals surface area contributed by atoms with Gasteiger partial charge in [0, 0.05) is 0 Å². The van der Waals surface area contributed by atoms with Crippen LogP contribution >= 0.6 is 0 Å². The Kier molecular flexibility index (Phi) is 1.21. The van der Waals surface area contributed by atoms with E-state index in [0.29, 0.717) is 0 Å². The normalized spacial score (nSPS) is 31.5. The minimum atomic E-state index is -2.22. The lowest BCUT2D eigenvalue weighted by Gasteiger charge is -2.21. The number of aliphatic hydroxyl groups is 1.